The normalized spacial score (nSPS) is 16.7. The molecular formula is C14H21NO4S. The molecule has 2 atom stereocenters. The van der Waals surface area contributed by atoms with E-state index < -0.39 is 16.9 Å². The maximum Gasteiger partial charge on any atom is 0.162 e. The molecule has 0 radical (unpaired) electrons. The summed E-state index contributed by atoms with van der Waals surface area (Å²) in [7, 11) is -1.24. The Hall–Kier alpha value is -1.11. The number of benzene rings is 1. The number of hydrogen-bond donors (Lipinski definition) is 2. The number of rotatable bonds is 7. The van der Waals surface area contributed by atoms with Gasteiger partial charge >= 0.3 is 0 Å². The average molecular weight is 299 g/mol. The van der Waals surface area contributed by atoms with Crippen LogP contribution in [0.2, 0.25) is 0 Å². The molecule has 0 saturated carbocycles. The molecule has 0 aliphatic carbocycles. The molecule has 2 rings (SSSR count). The van der Waals surface area contributed by atoms with Crippen LogP contribution in [-0.4, -0.2) is 47.5 Å². The second kappa shape index (κ2) is 7.61. The van der Waals surface area contributed by atoms with Gasteiger partial charge in [0.1, 0.15) is 13.2 Å². The molecule has 1 aliphatic rings. The summed E-state index contributed by atoms with van der Waals surface area (Å²) in [5, 5.41) is 12.9. The molecule has 1 aliphatic heterocycles. The van der Waals surface area contributed by atoms with Crippen molar-refractivity contribution in [2.45, 2.75) is 24.3 Å². The first-order valence-electron chi connectivity index (χ1n) is 6.87. The van der Waals surface area contributed by atoms with Crippen LogP contribution in [0.15, 0.2) is 23.1 Å². The minimum Gasteiger partial charge on any atom is -0.486 e. The molecule has 2 unspecified atom stereocenters. The van der Waals surface area contributed by atoms with Crippen LogP contribution in [-0.2, 0) is 10.8 Å². The lowest BCUT2D eigenvalue weighted by molar-refractivity contribution is 0.171. The fourth-order valence-electron chi connectivity index (χ4n) is 1.94. The lowest BCUT2D eigenvalue weighted by atomic mass is 10.3. The number of nitrogens with one attached hydrogen (secondary N) is 1. The second-order valence-electron chi connectivity index (χ2n) is 4.68. The topological polar surface area (TPSA) is 67.8 Å². The molecule has 0 spiro atoms. The highest BCUT2D eigenvalue weighted by atomic mass is 32.2. The number of aliphatic hydroxyl groups is 1. The Balaban J connectivity index is 1.92. The van der Waals surface area contributed by atoms with Crippen LogP contribution in [0.5, 0.6) is 11.5 Å². The van der Waals surface area contributed by atoms with Crippen molar-refractivity contribution in [2.24, 2.45) is 0 Å². The number of aliphatic hydroxyl groups excluding tert-OH is 1. The van der Waals surface area contributed by atoms with E-state index in [1.807, 2.05) is 0 Å². The third kappa shape index (κ3) is 4.19. The van der Waals surface area contributed by atoms with Crippen molar-refractivity contribution in [3.8, 4) is 11.5 Å². The Morgan fingerprint density at radius 3 is 2.85 bits per heavy atom. The molecule has 0 bridgehead atoms. The van der Waals surface area contributed by atoms with Crippen molar-refractivity contribution in [1.29, 1.82) is 0 Å². The summed E-state index contributed by atoms with van der Waals surface area (Å²) in [6.07, 6.45) is 0.397. The molecule has 0 saturated heterocycles. The number of fused-ring (bicyclic) bond motifs is 1. The van der Waals surface area contributed by atoms with Gasteiger partial charge in [-0.1, -0.05) is 6.92 Å². The predicted molar refractivity (Wildman–Crippen MR) is 77.9 cm³/mol. The van der Waals surface area contributed by atoms with Crippen LogP contribution in [0.25, 0.3) is 0 Å². The van der Waals surface area contributed by atoms with Crippen LogP contribution in [0.4, 0.5) is 0 Å². The highest BCUT2D eigenvalue weighted by Crippen LogP contribution is 2.31. The summed E-state index contributed by atoms with van der Waals surface area (Å²) in [4.78, 5) is 0.656. The molecule has 2 N–H and O–H groups in total. The fraction of sp³-hybridized carbons (Fsp3) is 0.571. The van der Waals surface area contributed by atoms with Crippen molar-refractivity contribution in [3.05, 3.63) is 18.2 Å². The van der Waals surface area contributed by atoms with Gasteiger partial charge in [0.05, 0.1) is 22.7 Å². The molecule has 1 aromatic rings. The minimum atomic E-state index is -1.24. The Bertz CT molecular complexity index is 466. The summed E-state index contributed by atoms with van der Waals surface area (Å²) in [6, 6.07) is 5.26. The second-order valence-corrected chi connectivity index (χ2v) is 6.17. The van der Waals surface area contributed by atoms with E-state index in [1.165, 1.54) is 0 Å². The number of hydrogen-bond acceptors (Lipinski definition) is 5. The van der Waals surface area contributed by atoms with E-state index in [-0.39, 0.29) is 5.75 Å². The van der Waals surface area contributed by atoms with Gasteiger partial charge in [0.25, 0.3) is 0 Å². The van der Waals surface area contributed by atoms with Gasteiger partial charge in [-0.2, -0.15) is 0 Å². The summed E-state index contributed by atoms with van der Waals surface area (Å²) in [5.74, 6) is 1.53. The molecule has 20 heavy (non-hydrogen) atoms. The zero-order chi connectivity index (χ0) is 14.4. The first-order valence-corrected chi connectivity index (χ1v) is 8.19. The van der Waals surface area contributed by atoms with Gasteiger partial charge in [-0.15, -0.1) is 0 Å². The zero-order valence-corrected chi connectivity index (χ0v) is 12.4. The monoisotopic (exact) mass is 299 g/mol. The van der Waals surface area contributed by atoms with Crippen molar-refractivity contribution < 1.29 is 18.8 Å². The highest BCUT2D eigenvalue weighted by Gasteiger charge is 2.16. The van der Waals surface area contributed by atoms with Gasteiger partial charge < -0.3 is 19.9 Å². The summed E-state index contributed by atoms with van der Waals surface area (Å²) < 4.78 is 23.1. The third-order valence-corrected chi connectivity index (χ3v) is 4.39. The predicted octanol–water partition coefficient (Wildman–Crippen LogP) is 0.926. The van der Waals surface area contributed by atoms with E-state index >= 15 is 0 Å². The van der Waals surface area contributed by atoms with Crippen molar-refractivity contribution >= 4 is 10.8 Å². The zero-order valence-electron chi connectivity index (χ0n) is 11.6. The first kappa shape index (κ1) is 15.3. The van der Waals surface area contributed by atoms with Crippen LogP contribution >= 0.6 is 0 Å². The Morgan fingerprint density at radius 1 is 1.35 bits per heavy atom. The Labute approximate surface area is 121 Å². The van der Waals surface area contributed by atoms with Gasteiger partial charge in [-0.3, -0.25) is 4.21 Å². The van der Waals surface area contributed by atoms with Crippen LogP contribution in [0, 0.1) is 0 Å². The molecule has 5 nitrogen and oxygen atoms in total. The highest BCUT2D eigenvalue weighted by molar-refractivity contribution is 7.85. The first-order chi connectivity index (χ1) is 9.70. The van der Waals surface area contributed by atoms with Gasteiger partial charge in [0.15, 0.2) is 11.5 Å². The smallest absolute Gasteiger partial charge is 0.162 e. The van der Waals surface area contributed by atoms with E-state index in [9.17, 15) is 9.32 Å². The van der Waals surface area contributed by atoms with Crippen LogP contribution < -0.4 is 14.8 Å². The van der Waals surface area contributed by atoms with E-state index in [1.54, 1.807) is 18.2 Å². The Kier molecular flexibility index (Phi) is 5.82. The van der Waals surface area contributed by atoms with E-state index in [0.29, 0.717) is 36.2 Å². The lowest BCUT2D eigenvalue weighted by Gasteiger charge is -2.19. The lowest BCUT2D eigenvalue weighted by Crippen LogP contribution is -2.31. The van der Waals surface area contributed by atoms with E-state index in [2.05, 4.69) is 12.2 Å². The molecule has 1 aromatic carbocycles. The molecule has 112 valence electrons. The van der Waals surface area contributed by atoms with Gasteiger partial charge in [-0.25, -0.2) is 0 Å². The summed E-state index contributed by atoms with van der Waals surface area (Å²) in [5.41, 5.74) is 0. The Morgan fingerprint density at radius 2 is 2.10 bits per heavy atom. The minimum absolute atomic E-state index is 0.219. The molecule has 6 heteroatoms. The molecular weight excluding hydrogens is 278 g/mol. The largest absolute Gasteiger partial charge is 0.486 e. The fourth-order valence-corrected chi connectivity index (χ4v) is 3.06. The molecule has 0 fully saturated rings. The molecule has 0 amide bonds. The SMILES string of the molecule is CCCNCC(O)CS(=O)c1ccc2c(c1)OCCO2. The summed E-state index contributed by atoms with van der Waals surface area (Å²) in [6.45, 7) is 4.43. The number of ether oxygens (including phenoxy) is 2. The average Bonchev–Trinajstić information content (AvgIpc) is 2.47. The quantitative estimate of drug-likeness (QED) is 0.733. The van der Waals surface area contributed by atoms with Gasteiger partial charge in [0, 0.05) is 17.5 Å². The maximum atomic E-state index is 12.2. The van der Waals surface area contributed by atoms with Gasteiger partial charge in [-0.05, 0) is 25.1 Å². The van der Waals surface area contributed by atoms with Gasteiger partial charge in [0.2, 0.25) is 0 Å². The van der Waals surface area contributed by atoms with Crippen molar-refractivity contribution in [2.75, 3.05) is 32.1 Å². The van der Waals surface area contributed by atoms with Crippen LogP contribution in [0.1, 0.15) is 13.3 Å². The standard InChI is InChI=1S/C14H21NO4S/c1-2-5-15-9-11(16)10-20(17)12-3-4-13-14(8-12)19-7-6-18-13/h3-4,8,11,15-16H,2,5-7,9-10H2,1H3. The summed E-state index contributed by atoms with van der Waals surface area (Å²) >= 11 is 0. The van der Waals surface area contributed by atoms with E-state index in [0.717, 1.165) is 13.0 Å². The maximum absolute atomic E-state index is 12.2. The van der Waals surface area contributed by atoms with Crippen molar-refractivity contribution in [3.63, 3.8) is 0 Å². The molecule has 1 heterocycles. The van der Waals surface area contributed by atoms with E-state index in [4.69, 9.17) is 9.47 Å². The molecule has 0 aromatic heterocycles. The van der Waals surface area contributed by atoms with Crippen molar-refractivity contribution in [1.82, 2.24) is 5.32 Å². The third-order valence-electron chi connectivity index (χ3n) is 2.93. The van der Waals surface area contributed by atoms with Crippen LogP contribution in [0.3, 0.4) is 0 Å².